The Kier molecular flexibility index (Phi) is 6.18. The summed E-state index contributed by atoms with van der Waals surface area (Å²) in [6.45, 7) is 4.89. The fraction of sp³-hybridized carbons (Fsp3) is 0.217. The molecular formula is C23H22N4O3S. The molecule has 0 radical (unpaired) electrons. The van der Waals surface area contributed by atoms with Gasteiger partial charge >= 0.3 is 0 Å². The molecule has 0 spiro atoms. The van der Waals surface area contributed by atoms with E-state index in [9.17, 15) is 4.79 Å². The number of hydrazone groups is 1. The highest BCUT2D eigenvalue weighted by Gasteiger charge is 2.36. The van der Waals surface area contributed by atoms with Gasteiger partial charge in [0.05, 0.1) is 5.57 Å². The zero-order valence-corrected chi connectivity index (χ0v) is 18.1. The number of nitrogens with one attached hydrogen (secondary N) is 1. The van der Waals surface area contributed by atoms with Crippen molar-refractivity contribution in [3.05, 3.63) is 65.7 Å². The molecule has 0 saturated heterocycles. The quantitative estimate of drug-likeness (QED) is 0.515. The maximum Gasteiger partial charge on any atom is 0.283 e. The van der Waals surface area contributed by atoms with Crippen LogP contribution in [0.25, 0.3) is 6.08 Å². The SMILES string of the molecule is CC(C)C1=NN2C(=N)C(=Cc3ccc(OCCOc4ccccc4)cc3)C(=O)N=C2S1. The highest BCUT2D eigenvalue weighted by Crippen LogP contribution is 2.30. The normalized spacial score (nSPS) is 17.0. The summed E-state index contributed by atoms with van der Waals surface area (Å²) >= 11 is 1.34. The number of nitrogens with zero attached hydrogens (tertiary/aromatic N) is 3. The van der Waals surface area contributed by atoms with Crippen LogP contribution >= 0.6 is 11.8 Å². The Labute approximate surface area is 185 Å². The lowest BCUT2D eigenvalue weighted by atomic mass is 10.1. The second-order valence-electron chi connectivity index (χ2n) is 7.19. The molecule has 0 saturated carbocycles. The summed E-state index contributed by atoms with van der Waals surface area (Å²) in [5.74, 6) is 1.32. The monoisotopic (exact) mass is 434 g/mol. The number of para-hydroxylation sites is 1. The van der Waals surface area contributed by atoms with E-state index in [4.69, 9.17) is 14.9 Å². The Balaban J connectivity index is 1.38. The van der Waals surface area contributed by atoms with Crippen LogP contribution in [0.3, 0.4) is 0 Å². The van der Waals surface area contributed by atoms with Gasteiger partial charge in [0.15, 0.2) is 5.84 Å². The zero-order valence-electron chi connectivity index (χ0n) is 17.2. The van der Waals surface area contributed by atoms with Crippen LogP contribution in [-0.4, -0.2) is 40.2 Å². The molecule has 4 rings (SSSR count). The molecule has 2 aromatic rings. The number of carbonyl (C=O) groups is 1. The fourth-order valence-corrected chi connectivity index (χ4v) is 3.80. The number of hydrogen-bond acceptors (Lipinski definition) is 6. The first kappa shape index (κ1) is 20.9. The number of rotatable bonds is 7. The molecule has 2 heterocycles. The van der Waals surface area contributed by atoms with Gasteiger partial charge in [-0.3, -0.25) is 10.2 Å². The van der Waals surface area contributed by atoms with E-state index in [0.717, 1.165) is 16.4 Å². The van der Waals surface area contributed by atoms with Crippen LogP contribution in [-0.2, 0) is 4.79 Å². The van der Waals surface area contributed by atoms with Gasteiger partial charge in [0.25, 0.3) is 5.91 Å². The molecule has 0 bridgehead atoms. The van der Waals surface area contributed by atoms with Crippen molar-refractivity contribution in [1.29, 1.82) is 5.41 Å². The molecule has 2 aliphatic rings. The van der Waals surface area contributed by atoms with Crippen LogP contribution in [0.4, 0.5) is 0 Å². The largest absolute Gasteiger partial charge is 0.490 e. The predicted molar refractivity (Wildman–Crippen MR) is 124 cm³/mol. The highest BCUT2D eigenvalue weighted by atomic mass is 32.2. The van der Waals surface area contributed by atoms with Crippen LogP contribution in [0, 0.1) is 11.3 Å². The van der Waals surface area contributed by atoms with Crippen molar-refractivity contribution < 1.29 is 14.3 Å². The Morgan fingerprint density at radius 3 is 2.32 bits per heavy atom. The molecule has 0 aliphatic carbocycles. The number of carbonyl (C=O) groups excluding carboxylic acids is 1. The Morgan fingerprint density at radius 1 is 1.03 bits per heavy atom. The second kappa shape index (κ2) is 9.18. The smallest absolute Gasteiger partial charge is 0.283 e. The lowest BCUT2D eigenvalue weighted by Gasteiger charge is -2.20. The Hall–Kier alpha value is -3.39. The third-order valence-corrected chi connectivity index (χ3v) is 5.73. The van der Waals surface area contributed by atoms with E-state index in [0.29, 0.717) is 24.1 Å². The van der Waals surface area contributed by atoms with Crippen molar-refractivity contribution in [2.45, 2.75) is 13.8 Å². The van der Waals surface area contributed by atoms with Crippen LogP contribution in [0.15, 0.2) is 70.3 Å². The third kappa shape index (κ3) is 4.86. The molecule has 1 N–H and O–H groups in total. The molecule has 158 valence electrons. The minimum atomic E-state index is -0.428. The number of benzene rings is 2. The van der Waals surface area contributed by atoms with Gasteiger partial charge in [-0.1, -0.05) is 44.2 Å². The first-order chi connectivity index (χ1) is 15.0. The zero-order chi connectivity index (χ0) is 21.8. The average molecular weight is 435 g/mol. The van der Waals surface area contributed by atoms with E-state index in [1.54, 1.807) is 6.08 Å². The number of fused-ring (bicyclic) bond motifs is 1. The summed E-state index contributed by atoms with van der Waals surface area (Å²) in [5, 5.41) is 15.5. The molecule has 31 heavy (non-hydrogen) atoms. The maximum absolute atomic E-state index is 12.5. The van der Waals surface area contributed by atoms with Crippen molar-refractivity contribution in [3.8, 4) is 11.5 Å². The van der Waals surface area contributed by atoms with Crippen molar-refractivity contribution in [2.24, 2.45) is 16.0 Å². The number of ether oxygens (including phenoxy) is 2. The number of amidine groups is 2. The van der Waals surface area contributed by atoms with E-state index in [1.807, 2.05) is 68.4 Å². The van der Waals surface area contributed by atoms with Crippen molar-refractivity contribution in [2.75, 3.05) is 13.2 Å². The predicted octanol–water partition coefficient (Wildman–Crippen LogP) is 4.42. The fourth-order valence-electron chi connectivity index (χ4n) is 2.90. The molecule has 7 nitrogen and oxygen atoms in total. The summed E-state index contributed by atoms with van der Waals surface area (Å²) in [4.78, 5) is 16.6. The van der Waals surface area contributed by atoms with Gasteiger partial charge in [-0.25, -0.2) is 0 Å². The Morgan fingerprint density at radius 2 is 1.68 bits per heavy atom. The number of aliphatic imine (C=N–C) groups is 1. The van der Waals surface area contributed by atoms with Crippen LogP contribution in [0.2, 0.25) is 0 Å². The van der Waals surface area contributed by atoms with Gasteiger partial charge in [0, 0.05) is 5.92 Å². The summed E-state index contributed by atoms with van der Waals surface area (Å²) in [5.41, 5.74) is 0.989. The van der Waals surface area contributed by atoms with Gasteiger partial charge in [0.1, 0.15) is 29.8 Å². The lowest BCUT2D eigenvalue weighted by molar-refractivity contribution is -0.114. The van der Waals surface area contributed by atoms with Gasteiger partial charge in [0.2, 0.25) is 5.17 Å². The standard InChI is InChI=1S/C23H22N4O3S/c1-15(2)22-26-27-20(24)19(21(28)25-23(27)31-22)14-16-8-10-18(11-9-16)30-13-12-29-17-6-4-3-5-7-17/h3-11,14-15,24H,12-13H2,1-2H3. The summed E-state index contributed by atoms with van der Waals surface area (Å²) < 4.78 is 11.3. The van der Waals surface area contributed by atoms with Crippen molar-refractivity contribution >= 4 is 39.8 Å². The van der Waals surface area contributed by atoms with Gasteiger partial charge in [-0.2, -0.15) is 15.1 Å². The minimum Gasteiger partial charge on any atom is -0.490 e. The summed E-state index contributed by atoms with van der Waals surface area (Å²) in [7, 11) is 0. The van der Waals surface area contributed by atoms with E-state index >= 15 is 0 Å². The molecule has 0 fully saturated rings. The Bertz CT molecular complexity index is 1080. The third-order valence-electron chi connectivity index (χ3n) is 4.52. The topological polar surface area (TPSA) is 87.3 Å². The van der Waals surface area contributed by atoms with Gasteiger partial charge in [-0.15, -0.1) is 0 Å². The molecule has 8 heteroatoms. The molecule has 2 aromatic carbocycles. The molecule has 0 atom stereocenters. The van der Waals surface area contributed by atoms with Crippen molar-refractivity contribution in [1.82, 2.24) is 5.01 Å². The van der Waals surface area contributed by atoms with Gasteiger partial charge < -0.3 is 9.47 Å². The maximum atomic E-state index is 12.5. The molecule has 0 aromatic heterocycles. The summed E-state index contributed by atoms with van der Waals surface area (Å²) in [6.07, 6.45) is 1.65. The van der Waals surface area contributed by atoms with Crippen molar-refractivity contribution in [3.63, 3.8) is 0 Å². The van der Waals surface area contributed by atoms with E-state index in [1.165, 1.54) is 16.8 Å². The summed E-state index contributed by atoms with van der Waals surface area (Å²) in [6, 6.07) is 16.9. The van der Waals surface area contributed by atoms with Crippen LogP contribution in [0.5, 0.6) is 11.5 Å². The lowest BCUT2D eigenvalue weighted by Crippen LogP contribution is -2.35. The van der Waals surface area contributed by atoms with Crippen LogP contribution < -0.4 is 9.47 Å². The highest BCUT2D eigenvalue weighted by molar-refractivity contribution is 8.27. The van der Waals surface area contributed by atoms with E-state index in [-0.39, 0.29) is 17.3 Å². The number of hydrogen-bond donors (Lipinski definition) is 1. The van der Waals surface area contributed by atoms with E-state index < -0.39 is 5.91 Å². The average Bonchev–Trinajstić information content (AvgIpc) is 3.20. The van der Waals surface area contributed by atoms with E-state index in [2.05, 4.69) is 10.1 Å². The second-order valence-corrected chi connectivity index (χ2v) is 8.18. The first-order valence-electron chi connectivity index (χ1n) is 9.92. The number of amides is 1. The molecule has 2 aliphatic heterocycles. The molecular weight excluding hydrogens is 412 g/mol. The van der Waals surface area contributed by atoms with Crippen LogP contribution in [0.1, 0.15) is 19.4 Å². The number of thioether (sulfide) groups is 1. The van der Waals surface area contributed by atoms with Gasteiger partial charge in [-0.05, 0) is 47.7 Å². The first-order valence-corrected chi connectivity index (χ1v) is 10.7. The molecule has 0 unspecified atom stereocenters. The molecule has 1 amide bonds. The minimum absolute atomic E-state index is 0.0385.